The van der Waals surface area contributed by atoms with E-state index in [9.17, 15) is 9.18 Å². The number of hydrogen-bond donors (Lipinski definition) is 0. The molecule has 0 N–H and O–H groups in total. The molecule has 0 saturated carbocycles. The monoisotopic (exact) mass is 463 g/mol. The van der Waals surface area contributed by atoms with Crippen LogP contribution in [-0.2, 0) is 12.8 Å². The van der Waals surface area contributed by atoms with Crippen LogP contribution in [0.3, 0.4) is 0 Å². The molecule has 29 heavy (non-hydrogen) atoms. The van der Waals surface area contributed by atoms with Gasteiger partial charge in [-0.1, -0.05) is 58.5 Å². The average Bonchev–Trinajstić information content (AvgIpc) is 3.02. The van der Waals surface area contributed by atoms with E-state index >= 15 is 0 Å². The van der Waals surface area contributed by atoms with Gasteiger partial charge in [0.25, 0.3) is 5.56 Å². The van der Waals surface area contributed by atoms with Gasteiger partial charge >= 0.3 is 0 Å². The fraction of sp³-hybridized carbons (Fsp3) is 0.150. The van der Waals surface area contributed by atoms with Crippen molar-refractivity contribution in [3.8, 4) is 5.69 Å². The zero-order chi connectivity index (χ0) is 20.7. The van der Waals surface area contributed by atoms with Crippen molar-refractivity contribution in [2.75, 3.05) is 0 Å². The third-order valence-corrected chi connectivity index (χ3v) is 7.24. The standard InChI is InChI=1S/C20H15ClFN3OS3/c1-11-6-8-12(9-7-11)25-17-16(29-20(25)27)18(26)24(2)19(23-17)28-10-13-14(21)4-3-5-15(13)22/h3-9H,10H2,1-2H3. The number of thioether (sulfide) groups is 1. The molecule has 0 bridgehead atoms. The van der Waals surface area contributed by atoms with Crippen molar-refractivity contribution in [2.45, 2.75) is 17.8 Å². The molecule has 4 aromatic rings. The minimum Gasteiger partial charge on any atom is -0.289 e. The van der Waals surface area contributed by atoms with Crippen LogP contribution in [-0.4, -0.2) is 14.1 Å². The summed E-state index contributed by atoms with van der Waals surface area (Å²) in [6.07, 6.45) is 0. The molecule has 9 heteroatoms. The number of halogens is 2. The van der Waals surface area contributed by atoms with Crippen LogP contribution in [0.5, 0.6) is 0 Å². The van der Waals surface area contributed by atoms with Crippen LogP contribution < -0.4 is 5.56 Å². The van der Waals surface area contributed by atoms with Gasteiger partial charge < -0.3 is 0 Å². The fourth-order valence-electron chi connectivity index (χ4n) is 2.87. The lowest BCUT2D eigenvalue weighted by molar-refractivity contribution is 0.617. The van der Waals surface area contributed by atoms with Crippen LogP contribution in [0, 0.1) is 16.7 Å². The Morgan fingerprint density at radius 3 is 2.66 bits per heavy atom. The summed E-state index contributed by atoms with van der Waals surface area (Å²) in [6.45, 7) is 2.01. The van der Waals surface area contributed by atoms with Gasteiger partial charge in [0.2, 0.25) is 0 Å². The van der Waals surface area contributed by atoms with E-state index < -0.39 is 0 Å². The molecule has 2 aromatic carbocycles. The lowest BCUT2D eigenvalue weighted by atomic mass is 10.2. The number of aromatic nitrogens is 3. The maximum absolute atomic E-state index is 14.1. The van der Waals surface area contributed by atoms with Crippen LogP contribution >= 0.6 is 46.9 Å². The van der Waals surface area contributed by atoms with E-state index in [1.165, 1.54) is 33.7 Å². The first kappa shape index (κ1) is 20.3. The number of fused-ring (bicyclic) bond motifs is 1. The summed E-state index contributed by atoms with van der Waals surface area (Å²) in [6, 6.07) is 12.4. The Labute approximate surface area is 184 Å². The second kappa shape index (κ2) is 8.02. The summed E-state index contributed by atoms with van der Waals surface area (Å²) in [5, 5.41) is 0.817. The van der Waals surface area contributed by atoms with E-state index in [4.69, 9.17) is 28.8 Å². The highest BCUT2D eigenvalue weighted by molar-refractivity contribution is 7.98. The molecule has 0 fully saturated rings. The predicted molar refractivity (Wildman–Crippen MR) is 121 cm³/mol. The van der Waals surface area contributed by atoms with E-state index in [1.807, 2.05) is 31.2 Å². The van der Waals surface area contributed by atoms with E-state index in [-0.39, 0.29) is 17.1 Å². The smallest absolute Gasteiger partial charge is 0.273 e. The molecule has 2 aromatic heterocycles. The number of nitrogens with zero attached hydrogens (tertiary/aromatic N) is 3. The van der Waals surface area contributed by atoms with Crippen LogP contribution in [0.4, 0.5) is 4.39 Å². The van der Waals surface area contributed by atoms with Crippen molar-refractivity contribution >= 4 is 57.3 Å². The van der Waals surface area contributed by atoms with Gasteiger partial charge in [0, 0.05) is 29.1 Å². The molecule has 4 rings (SSSR count). The summed E-state index contributed by atoms with van der Waals surface area (Å²) in [5.41, 5.74) is 2.68. The Hall–Kier alpha value is -2.00. The normalized spacial score (nSPS) is 11.3. The van der Waals surface area contributed by atoms with Crippen LogP contribution in [0.25, 0.3) is 16.0 Å². The Morgan fingerprint density at radius 1 is 1.24 bits per heavy atom. The molecule has 0 aliphatic heterocycles. The molecule has 0 atom stereocenters. The lowest BCUT2D eigenvalue weighted by Gasteiger charge is -2.10. The Kier molecular flexibility index (Phi) is 5.61. The summed E-state index contributed by atoms with van der Waals surface area (Å²) < 4.78 is 18.4. The van der Waals surface area contributed by atoms with Gasteiger partial charge in [-0.05, 0) is 43.4 Å². The molecule has 4 nitrogen and oxygen atoms in total. The molecule has 0 aliphatic carbocycles. The van der Waals surface area contributed by atoms with Gasteiger partial charge in [-0.3, -0.25) is 13.9 Å². The summed E-state index contributed by atoms with van der Waals surface area (Å²) in [7, 11) is 1.65. The van der Waals surface area contributed by atoms with Gasteiger partial charge in [-0.2, -0.15) is 0 Å². The SMILES string of the molecule is Cc1ccc(-n2c(=S)sc3c(=O)n(C)c(SCc4c(F)cccc4Cl)nc32)cc1. The molecule has 0 saturated heterocycles. The minimum atomic E-state index is -0.380. The van der Waals surface area contributed by atoms with E-state index in [2.05, 4.69) is 0 Å². The number of benzene rings is 2. The molecule has 0 aliphatic rings. The van der Waals surface area contributed by atoms with Gasteiger partial charge in [0.05, 0.1) is 0 Å². The summed E-state index contributed by atoms with van der Waals surface area (Å²) in [5.74, 6) is -0.124. The van der Waals surface area contributed by atoms with Crippen molar-refractivity contribution in [1.29, 1.82) is 0 Å². The van der Waals surface area contributed by atoms with Crippen molar-refractivity contribution in [2.24, 2.45) is 7.05 Å². The summed E-state index contributed by atoms with van der Waals surface area (Å²) in [4.78, 5) is 17.6. The molecule has 0 spiro atoms. The largest absolute Gasteiger partial charge is 0.289 e. The van der Waals surface area contributed by atoms with E-state index in [0.29, 0.717) is 30.0 Å². The maximum Gasteiger partial charge on any atom is 0.273 e. The Bertz CT molecular complexity index is 1320. The average molecular weight is 464 g/mol. The molecule has 0 unspecified atom stereocenters. The molecule has 148 valence electrons. The van der Waals surface area contributed by atoms with Crippen LogP contribution in [0.1, 0.15) is 11.1 Å². The third-order valence-electron chi connectivity index (χ3n) is 4.47. The number of thiazole rings is 1. The summed E-state index contributed by atoms with van der Waals surface area (Å²) >= 11 is 14.1. The second-order valence-electron chi connectivity index (χ2n) is 6.44. The quantitative estimate of drug-likeness (QED) is 0.214. The first-order valence-electron chi connectivity index (χ1n) is 8.62. The zero-order valence-electron chi connectivity index (χ0n) is 15.5. The fourth-order valence-corrected chi connectivity index (χ4v) is 5.52. The maximum atomic E-state index is 14.1. The number of rotatable bonds is 4. The first-order chi connectivity index (χ1) is 13.9. The first-order valence-corrected chi connectivity index (χ1v) is 11.2. The highest BCUT2D eigenvalue weighted by Gasteiger charge is 2.17. The second-order valence-corrected chi connectivity index (χ2v) is 9.43. The predicted octanol–water partition coefficient (Wildman–Crippen LogP) is 5.91. The number of aryl methyl sites for hydroxylation is 1. The highest BCUT2D eigenvalue weighted by Crippen LogP contribution is 2.29. The van der Waals surface area contributed by atoms with Gasteiger partial charge in [0.15, 0.2) is 14.8 Å². The van der Waals surface area contributed by atoms with Gasteiger partial charge in [-0.15, -0.1) is 0 Å². The topological polar surface area (TPSA) is 39.8 Å². The Balaban J connectivity index is 1.82. The molecule has 2 heterocycles. The molecular formula is C20H15ClFN3OS3. The van der Waals surface area contributed by atoms with Crippen LogP contribution in [0.15, 0.2) is 52.4 Å². The number of hydrogen-bond acceptors (Lipinski definition) is 5. The van der Waals surface area contributed by atoms with Crippen molar-refractivity contribution in [1.82, 2.24) is 14.1 Å². The van der Waals surface area contributed by atoms with Gasteiger partial charge in [-0.25, -0.2) is 9.37 Å². The molecular weight excluding hydrogens is 449 g/mol. The highest BCUT2D eigenvalue weighted by atomic mass is 35.5. The van der Waals surface area contributed by atoms with E-state index in [1.54, 1.807) is 23.7 Å². The Morgan fingerprint density at radius 2 is 1.97 bits per heavy atom. The van der Waals surface area contributed by atoms with Crippen molar-refractivity contribution < 1.29 is 4.39 Å². The van der Waals surface area contributed by atoms with Gasteiger partial charge in [0.1, 0.15) is 10.5 Å². The third kappa shape index (κ3) is 3.77. The lowest BCUT2D eigenvalue weighted by Crippen LogP contribution is -2.19. The van der Waals surface area contributed by atoms with Crippen LogP contribution in [0.2, 0.25) is 5.02 Å². The molecule has 0 radical (unpaired) electrons. The van der Waals surface area contributed by atoms with Crippen molar-refractivity contribution in [3.63, 3.8) is 0 Å². The van der Waals surface area contributed by atoms with Crippen molar-refractivity contribution in [3.05, 3.63) is 78.7 Å². The minimum absolute atomic E-state index is 0.181. The molecule has 0 amide bonds. The van der Waals surface area contributed by atoms with E-state index in [0.717, 1.165) is 11.3 Å². The zero-order valence-corrected chi connectivity index (χ0v) is 18.7.